The molecular weight excluding hydrogens is 186 g/mol. The molecule has 1 atom stereocenters. The number of aromatic nitrogens is 1. The van der Waals surface area contributed by atoms with Crippen molar-refractivity contribution >= 4 is 17.9 Å². The van der Waals surface area contributed by atoms with Gasteiger partial charge in [-0.3, -0.25) is 4.98 Å². The Morgan fingerprint density at radius 2 is 2.23 bits per heavy atom. The Morgan fingerprint density at radius 1 is 1.54 bits per heavy atom. The lowest BCUT2D eigenvalue weighted by Gasteiger charge is -2.03. The van der Waals surface area contributed by atoms with E-state index in [1.807, 2.05) is 6.92 Å². The van der Waals surface area contributed by atoms with Gasteiger partial charge in [0.05, 0.1) is 5.02 Å². The molecule has 1 unspecified atom stereocenters. The third kappa shape index (κ3) is 1.35. The van der Waals surface area contributed by atoms with Crippen LogP contribution >= 0.6 is 11.6 Å². The van der Waals surface area contributed by atoms with Crippen molar-refractivity contribution in [3.63, 3.8) is 0 Å². The van der Waals surface area contributed by atoms with Crippen LogP contribution in [0.3, 0.4) is 0 Å². The molecule has 0 bridgehead atoms. The van der Waals surface area contributed by atoms with Crippen molar-refractivity contribution in [2.75, 3.05) is 0 Å². The van der Waals surface area contributed by atoms with Gasteiger partial charge in [0.15, 0.2) is 0 Å². The average molecular weight is 196 g/mol. The predicted octanol–water partition coefficient (Wildman–Crippen LogP) is 1.96. The van der Waals surface area contributed by atoms with Crippen molar-refractivity contribution in [2.24, 2.45) is 5.92 Å². The molecule has 1 heterocycles. The van der Waals surface area contributed by atoms with Crippen LogP contribution in [-0.2, 0) is 17.6 Å². The van der Waals surface area contributed by atoms with Gasteiger partial charge in [-0.05, 0) is 30.9 Å². The van der Waals surface area contributed by atoms with Crippen LogP contribution < -0.4 is 0 Å². The summed E-state index contributed by atoms with van der Waals surface area (Å²) in [4.78, 5) is 14.8. The molecule has 2 rings (SSSR count). The number of rotatable bonds is 1. The number of pyridine rings is 1. The molecule has 1 aromatic heterocycles. The second-order valence-corrected chi connectivity index (χ2v) is 3.86. The highest BCUT2D eigenvalue weighted by Gasteiger charge is 2.24. The van der Waals surface area contributed by atoms with Gasteiger partial charge in [0.2, 0.25) is 0 Å². The van der Waals surface area contributed by atoms with E-state index in [2.05, 4.69) is 4.98 Å². The molecule has 0 aliphatic heterocycles. The van der Waals surface area contributed by atoms with Crippen LogP contribution in [0.2, 0.25) is 5.02 Å². The molecule has 68 valence electrons. The second-order valence-electron chi connectivity index (χ2n) is 3.45. The first-order valence-electron chi connectivity index (χ1n) is 4.30. The van der Waals surface area contributed by atoms with Gasteiger partial charge in [-0.2, -0.15) is 0 Å². The zero-order valence-corrected chi connectivity index (χ0v) is 8.14. The summed E-state index contributed by atoms with van der Waals surface area (Å²) in [6.07, 6.45) is 4.26. The first-order chi connectivity index (χ1) is 6.22. The SMILES string of the molecule is Cc1ncc(Cl)c2c1CC(C=O)C2. The van der Waals surface area contributed by atoms with E-state index in [1.165, 1.54) is 5.56 Å². The molecule has 0 N–H and O–H groups in total. The van der Waals surface area contributed by atoms with Crippen molar-refractivity contribution in [3.05, 3.63) is 28.0 Å². The Bertz CT molecular complexity index is 331. The standard InChI is InChI=1S/C10H10ClNO/c1-6-8-2-7(5-13)3-9(8)10(11)4-12-6/h4-5,7H,2-3H2,1H3. The predicted molar refractivity (Wildman–Crippen MR) is 50.9 cm³/mol. The fourth-order valence-electron chi connectivity index (χ4n) is 1.86. The Morgan fingerprint density at radius 3 is 2.85 bits per heavy atom. The van der Waals surface area contributed by atoms with E-state index in [4.69, 9.17) is 11.6 Å². The summed E-state index contributed by atoms with van der Waals surface area (Å²) >= 11 is 5.99. The minimum Gasteiger partial charge on any atom is -0.303 e. The van der Waals surface area contributed by atoms with E-state index in [9.17, 15) is 4.79 Å². The monoisotopic (exact) mass is 195 g/mol. The quantitative estimate of drug-likeness (QED) is 0.642. The second kappa shape index (κ2) is 3.11. The minimum atomic E-state index is 0.107. The Hall–Kier alpha value is -0.890. The molecule has 1 aliphatic carbocycles. The highest BCUT2D eigenvalue weighted by Crippen LogP contribution is 2.32. The van der Waals surface area contributed by atoms with Crippen molar-refractivity contribution in [1.82, 2.24) is 4.98 Å². The molecular formula is C10H10ClNO. The molecule has 0 spiro atoms. The number of carbonyl (C=O) groups excluding carboxylic acids is 1. The van der Waals surface area contributed by atoms with Crippen molar-refractivity contribution in [2.45, 2.75) is 19.8 Å². The first kappa shape index (κ1) is 8.70. The van der Waals surface area contributed by atoms with Crippen LogP contribution in [0.25, 0.3) is 0 Å². The summed E-state index contributed by atoms with van der Waals surface area (Å²) in [6.45, 7) is 1.96. The zero-order chi connectivity index (χ0) is 9.42. The summed E-state index contributed by atoms with van der Waals surface area (Å²) in [6, 6.07) is 0. The fraction of sp³-hybridized carbons (Fsp3) is 0.400. The molecule has 3 heteroatoms. The summed E-state index contributed by atoms with van der Waals surface area (Å²) in [5, 5.41) is 0.699. The molecule has 0 fully saturated rings. The lowest BCUT2D eigenvalue weighted by molar-refractivity contribution is -0.110. The van der Waals surface area contributed by atoms with E-state index < -0.39 is 0 Å². The number of fused-ring (bicyclic) bond motifs is 1. The maximum Gasteiger partial charge on any atom is 0.123 e. The minimum absolute atomic E-state index is 0.107. The number of nitrogens with zero attached hydrogens (tertiary/aromatic N) is 1. The maximum absolute atomic E-state index is 10.6. The normalized spacial score (nSPS) is 20.0. The number of halogens is 1. The first-order valence-corrected chi connectivity index (χ1v) is 4.68. The van der Waals surface area contributed by atoms with E-state index in [0.717, 1.165) is 30.4 Å². The number of hydrogen-bond acceptors (Lipinski definition) is 2. The molecule has 1 aliphatic rings. The molecule has 1 aromatic rings. The van der Waals surface area contributed by atoms with Gasteiger partial charge in [-0.15, -0.1) is 0 Å². The zero-order valence-electron chi connectivity index (χ0n) is 7.38. The Kier molecular flexibility index (Phi) is 2.08. The fourth-order valence-corrected chi connectivity index (χ4v) is 2.10. The summed E-state index contributed by atoms with van der Waals surface area (Å²) < 4.78 is 0. The number of hydrogen-bond donors (Lipinski definition) is 0. The van der Waals surface area contributed by atoms with E-state index in [-0.39, 0.29) is 5.92 Å². The van der Waals surface area contributed by atoms with Crippen LogP contribution in [0, 0.1) is 12.8 Å². The van der Waals surface area contributed by atoms with Gasteiger partial charge >= 0.3 is 0 Å². The molecule has 13 heavy (non-hydrogen) atoms. The number of aldehydes is 1. The van der Waals surface area contributed by atoms with Gasteiger partial charge in [0.25, 0.3) is 0 Å². The van der Waals surface area contributed by atoms with Gasteiger partial charge in [-0.25, -0.2) is 0 Å². The largest absolute Gasteiger partial charge is 0.303 e. The van der Waals surface area contributed by atoms with Gasteiger partial charge in [0.1, 0.15) is 6.29 Å². The molecule has 0 amide bonds. The Balaban J connectivity index is 2.49. The lowest BCUT2D eigenvalue weighted by Crippen LogP contribution is -1.99. The smallest absolute Gasteiger partial charge is 0.123 e. The van der Waals surface area contributed by atoms with Crippen LogP contribution in [-0.4, -0.2) is 11.3 Å². The van der Waals surface area contributed by atoms with Crippen molar-refractivity contribution in [1.29, 1.82) is 0 Å². The highest BCUT2D eigenvalue weighted by atomic mass is 35.5. The third-order valence-electron chi connectivity index (χ3n) is 2.59. The summed E-state index contributed by atoms with van der Waals surface area (Å²) in [5.74, 6) is 0.107. The number of aryl methyl sites for hydroxylation is 1. The molecule has 0 aromatic carbocycles. The summed E-state index contributed by atoms with van der Waals surface area (Å²) in [5.41, 5.74) is 3.29. The molecule has 0 radical (unpaired) electrons. The van der Waals surface area contributed by atoms with Crippen LogP contribution in [0.1, 0.15) is 16.8 Å². The maximum atomic E-state index is 10.6. The van der Waals surface area contributed by atoms with Gasteiger partial charge < -0.3 is 4.79 Å². The van der Waals surface area contributed by atoms with E-state index in [1.54, 1.807) is 6.20 Å². The topological polar surface area (TPSA) is 30.0 Å². The van der Waals surface area contributed by atoms with Gasteiger partial charge in [-0.1, -0.05) is 11.6 Å². The van der Waals surface area contributed by atoms with Crippen LogP contribution in [0.4, 0.5) is 0 Å². The van der Waals surface area contributed by atoms with Crippen molar-refractivity contribution in [3.8, 4) is 0 Å². The van der Waals surface area contributed by atoms with E-state index in [0.29, 0.717) is 5.02 Å². The highest BCUT2D eigenvalue weighted by molar-refractivity contribution is 6.31. The lowest BCUT2D eigenvalue weighted by atomic mass is 10.1. The van der Waals surface area contributed by atoms with E-state index >= 15 is 0 Å². The Labute approximate surface area is 81.9 Å². The molecule has 0 saturated carbocycles. The van der Waals surface area contributed by atoms with Gasteiger partial charge in [0, 0.05) is 17.8 Å². The van der Waals surface area contributed by atoms with Crippen LogP contribution in [0.5, 0.6) is 0 Å². The van der Waals surface area contributed by atoms with Crippen LogP contribution in [0.15, 0.2) is 6.20 Å². The third-order valence-corrected chi connectivity index (χ3v) is 2.91. The number of carbonyl (C=O) groups is 1. The average Bonchev–Trinajstić information content (AvgIpc) is 2.56. The van der Waals surface area contributed by atoms with Crippen molar-refractivity contribution < 1.29 is 4.79 Å². The molecule has 0 saturated heterocycles. The molecule has 2 nitrogen and oxygen atoms in total. The summed E-state index contributed by atoms with van der Waals surface area (Å²) in [7, 11) is 0.